The summed E-state index contributed by atoms with van der Waals surface area (Å²) in [6, 6.07) is 21.8. The third-order valence-electron chi connectivity index (χ3n) is 7.40. The zero-order valence-electron chi connectivity index (χ0n) is 26.2. The van der Waals surface area contributed by atoms with Crippen LogP contribution < -0.4 is 16.0 Å². The van der Waals surface area contributed by atoms with Crippen molar-refractivity contribution in [3.8, 4) is 0 Å². The van der Waals surface area contributed by atoms with E-state index >= 15 is 0 Å². The topological polar surface area (TPSA) is 216 Å². The molecule has 1 saturated carbocycles. The van der Waals surface area contributed by atoms with Crippen molar-refractivity contribution in [1.29, 1.82) is 10.8 Å². The van der Waals surface area contributed by atoms with E-state index < -0.39 is 13.6 Å². The van der Waals surface area contributed by atoms with Crippen molar-refractivity contribution in [3.05, 3.63) is 111 Å². The molecule has 0 amide bonds. The van der Waals surface area contributed by atoms with E-state index in [9.17, 15) is 14.7 Å². The van der Waals surface area contributed by atoms with Gasteiger partial charge >= 0.3 is 7.82 Å². The van der Waals surface area contributed by atoms with Gasteiger partial charge in [-0.3, -0.25) is 25.7 Å². The SMILES string of the molecule is CC(C)NC(=N)NC(=N)Nc1ccc(Cl)cc1.O=C1C(O)=C([C@H]2CC[C@H](c3ccc(Cl)cc3)CC2)C(=O)c2ccccc21.O=P(O)(O)O. The van der Waals surface area contributed by atoms with Crippen LogP contribution in [0.2, 0.25) is 10.0 Å². The maximum atomic E-state index is 12.9. The van der Waals surface area contributed by atoms with Gasteiger partial charge in [-0.25, -0.2) is 4.57 Å². The molecule has 0 atom stereocenters. The highest BCUT2D eigenvalue weighted by Gasteiger charge is 2.37. The molecule has 0 aromatic heterocycles. The van der Waals surface area contributed by atoms with Gasteiger partial charge < -0.3 is 30.4 Å². The number of guanidine groups is 2. The second-order valence-electron chi connectivity index (χ2n) is 11.4. The number of hydrogen-bond acceptors (Lipinski definition) is 6. The average Bonchev–Trinajstić information content (AvgIpc) is 3.01. The number of allylic oxidation sites excluding steroid dienone is 2. The first kappa shape index (κ1) is 38.4. The molecule has 3 aromatic carbocycles. The van der Waals surface area contributed by atoms with E-state index in [0.29, 0.717) is 27.6 Å². The molecule has 0 bridgehead atoms. The van der Waals surface area contributed by atoms with Gasteiger partial charge in [-0.2, -0.15) is 0 Å². The minimum absolute atomic E-state index is 0.0328. The lowest BCUT2D eigenvalue weighted by molar-refractivity contribution is 0.0914. The zero-order chi connectivity index (χ0) is 35.6. The Balaban J connectivity index is 0.000000245. The Kier molecular flexibility index (Phi) is 13.9. The summed E-state index contributed by atoms with van der Waals surface area (Å²) >= 11 is 11.7. The van der Waals surface area contributed by atoms with Gasteiger partial charge in [-0.1, -0.05) is 59.6 Å². The van der Waals surface area contributed by atoms with Gasteiger partial charge in [0.05, 0.1) is 0 Å². The largest absolute Gasteiger partial charge is 0.504 e. The normalized spacial score (nSPS) is 17.2. The molecule has 0 radical (unpaired) electrons. The predicted octanol–water partition coefficient (Wildman–Crippen LogP) is 6.79. The molecule has 0 heterocycles. The number of aliphatic hydroxyl groups excluding tert-OH is 1. The molecule has 0 unspecified atom stereocenters. The van der Waals surface area contributed by atoms with Crippen LogP contribution in [0.25, 0.3) is 0 Å². The van der Waals surface area contributed by atoms with E-state index in [1.165, 1.54) is 5.56 Å². The van der Waals surface area contributed by atoms with Crippen LogP contribution in [0, 0.1) is 16.7 Å². The van der Waals surface area contributed by atoms with Crippen molar-refractivity contribution < 1.29 is 33.9 Å². The van der Waals surface area contributed by atoms with Crippen molar-refractivity contribution >= 4 is 60.2 Å². The third kappa shape index (κ3) is 11.9. The summed E-state index contributed by atoms with van der Waals surface area (Å²) in [6.45, 7) is 3.85. The van der Waals surface area contributed by atoms with Crippen molar-refractivity contribution in [1.82, 2.24) is 10.6 Å². The zero-order valence-corrected chi connectivity index (χ0v) is 28.6. The molecule has 3 aromatic rings. The minimum atomic E-state index is -4.64. The summed E-state index contributed by atoms with van der Waals surface area (Å²) < 4.78 is 8.88. The van der Waals surface area contributed by atoms with Crippen LogP contribution in [0.4, 0.5) is 5.69 Å². The quantitative estimate of drug-likeness (QED) is 0.0782. The molecule has 15 heteroatoms. The first-order valence-electron chi connectivity index (χ1n) is 14.9. The van der Waals surface area contributed by atoms with Crippen LogP contribution in [-0.4, -0.2) is 49.3 Å². The number of nitrogens with one attached hydrogen (secondary N) is 5. The monoisotopic (exact) mass is 717 g/mol. The Labute approximate surface area is 288 Å². The molecular formula is C33H38Cl2N5O7P. The van der Waals surface area contributed by atoms with Gasteiger partial charge in [-0.05, 0) is 93.3 Å². The molecule has 256 valence electrons. The van der Waals surface area contributed by atoms with E-state index in [2.05, 4.69) is 28.1 Å². The van der Waals surface area contributed by atoms with E-state index in [1.807, 2.05) is 26.0 Å². The van der Waals surface area contributed by atoms with Gasteiger partial charge in [0.15, 0.2) is 23.5 Å². The number of fused-ring (bicyclic) bond motifs is 1. The highest BCUT2D eigenvalue weighted by molar-refractivity contribution is 7.45. The maximum absolute atomic E-state index is 12.9. The number of hydrogen-bond donors (Lipinski definition) is 9. The minimum Gasteiger partial charge on any atom is -0.504 e. The fourth-order valence-corrected chi connectivity index (χ4v) is 5.62. The number of anilines is 1. The van der Waals surface area contributed by atoms with Gasteiger partial charge in [0.1, 0.15) is 0 Å². The molecule has 12 nitrogen and oxygen atoms in total. The molecule has 0 aliphatic heterocycles. The highest BCUT2D eigenvalue weighted by Crippen LogP contribution is 2.42. The lowest BCUT2D eigenvalue weighted by atomic mass is 9.72. The number of carbonyl (C=O) groups excluding carboxylic acids is 2. The standard InChI is InChI=1S/C22H19ClO3.C11H16ClN5.H3O4P/c23-16-11-9-14(10-12-16)13-5-7-15(8-6-13)19-20(24)17-3-1-2-4-18(17)21(25)22(19)26;1-7(2)15-10(13)17-11(14)16-9-5-3-8(12)4-6-9;1-5(2,3)4/h1-4,9-13,15,26H,5-8H2;3-7H,1-2H3,(H5,13,14,15,16,17);(H3,1,2,3,4)/t13-,15-;;. The molecule has 2 aliphatic carbocycles. The number of aliphatic hydroxyl groups is 1. The van der Waals surface area contributed by atoms with Crippen LogP contribution in [0.5, 0.6) is 0 Å². The van der Waals surface area contributed by atoms with Crippen molar-refractivity contribution in [3.63, 3.8) is 0 Å². The van der Waals surface area contributed by atoms with E-state index in [0.717, 1.165) is 36.4 Å². The molecule has 48 heavy (non-hydrogen) atoms. The summed E-state index contributed by atoms with van der Waals surface area (Å²) in [4.78, 5) is 46.9. The Morgan fingerprint density at radius 1 is 0.771 bits per heavy atom. The van der Waals surface area contributed by atoms with Gasteiger partial charge in [-0.15, -0.1) is 0 Å². The fourth-order valence-electron chi connectivity index (χ4n) is 5.37. The van der Waals surface area contributed by atoms with Crippen LogP contribution in [0.1, 0.15) is 71.7 Å². The summed E-state index contributed by atoms with van der Waals surface area (Å²) in [6.07, 6.45) is 3.42. The van der Waals surface area contributed by atoms with E-state index in [-0.39, 0.29) is 35.4 Å². The molecule has 9 N–H and O–H groups in total. The summed E-state index contributed by atoms with van der Waals surface area (Å²) in [7, 11) is -4.64. The van der Waals surface area contributed by atoms with Crippen molar-refractivity contribution in [2.24, 2.45) is 5.92 Å². The number of halogens is 2. The number of ketones is 2. The summed E-state index contributed by atoms with van der Waals surface area (Å²) in [5.41, 5.74) is 3.01. The summed E-state index contributed by atoms with van der Waals surface area (Å²) in [5, 5.41) is 35.2. The maximum Gasteiger partial charge on any atom is 0.466 e. The van der Waals surface area contributed by atoms with Crippen LogP contribution in [-0.2, 0) is 4.57 Å². The summed E-state index contributed by atoms with van der Waals surface area (Å²) in [5.74, 6) is -0.514. The molecule has 0 spiro atoms. The Bertz CT molecular complexity index is 1690. The number of rotatable bonds is 4. The lowest BCUT2D eigenvalue weighted by Crippen LogP contribution is -2.45. The second-order valence-corrected chi connectivity index (χ2v) is 13.3. The van der Waals surface area contributed by atoms with Crippen LogP contribution in [0.15, 0.2) is 84.1 Å². The van der Waals surface area contributed by atoms with Gasteiger partial charge in [0, 0.05) is 38.5 Å². The molecular weight excluding hydrogens is 680 g/mol. The molecule has 1 fully saturated rings. The van der Waals surface area contributed by atoms with Crippen LogP contribution >= 0.6 is 31.0 Å². The van der Waals surface area contributed by atoms with Crippen LogP contribution in [0.3, 0.4) is 0 Å². The first-order valence-corrected chi connectivity index (χ1v) is 17.2. The Morgan fingerprint density at radius 2 is 1.23 bits per heavy atom. The number of carbonyl (C=O) groups is 2. The predicted molar refractivity (Wildman–Crippen MR) is 187 cm³/mol. The van der Waals surface area contributed by atoms with Crippen molar-refractivity contribution in [2.75, 3.05) is 5.32 Å². The smallest absolute Gasteiger partial charge is 0.466 e. The van der Waals surface area contributed by atoms with E-state index in [1.54, 1.807) is 48.5 Å². The number of benzene rings is 3. The molecule has 2 aliphatic rings. The number of Topliss-reactive ketones (excluding diaryl/α,β-unsaturated/α-hetero) is 2. The van der Waals surface area contributed by atoms with Crippen molar-refractivity contribution in [2.45, 2.75) is 51.5 Å². The molecule has 5 rings (SSSR count). The Hall–Kier alpha value is -4.03. The molecule has 0 saturated heterocycles. The Morgan fingerprint density at radius 3 is 1.73 bits per heavy atom. The van der Waals surface area contributed by atoms with Gasteiger partial charge in [0.25, 0.3) is 0 Å². The average molecular weight is 719 g/mol. The lowest BCUT2D eigenvalue weighted by Gasteiger charge is -2.31. The number of phosphoric acid groups is 1. The third-order valence-corrected chi connectivity index (χ3v) is 7.91. The first-order chi connectivity index (χ1) is 22.5. The second kappa shape index (κ2) is 17.4. The highest BCUT2D eigenvalue weighted by atomic mass is 35.5. The fraction of sp³-hybridized carbons (Fsp3) is 0.273. The van der Waals surface area contributed by atoms with Gasteiger partial charge in [0.2, 0.25) is 5.78 Å². The van der Waals surface area contributed by atoms with E-state index in [4.69, 9.17) is 53.3 Å².